The fraction of sp³-hybridized carbons (Fsp3) is 0.556. The van der Waals surface area contributed by atoms with Gasteiger partial charge >= 0.3 is 0 Å². The first-order chi connectivity index (χ1) is 11.1. The highest BCUT2D eigenvalue weighted by molar-refractivity contribution is 5.99. The largest absolute Gasteiger partial charge is 0.396 e. The van der Waals surface area contributed by atoms with E-state index in [4.69, 9.17) is 0 Å². The Morgan fingerprint density at radius 1 is 1.26 bits per heavy atom. The molecule has 5 heteroatoms. The van der Waals surface area contributed by atoms with Crippen LogP contribution in [-0.2, 0) is 11.2 Å². The highest BCUT2D eigenvalue weighted by Gasteiger charge is 2.24. The Kier molecular flexibility index (Phi) is 4.66. The van der Waals surface area contributed by atoms with Crippen molar-refractivity contribution in [2.75, 3.05) is 18.6 Å². The van der Waals surface area contributed by atoms with Crippen molar-refractivity contribution in [2.24, 2.45) is 5.92 Å². The summed E-state index contributed by atoms with van der Waals surface area (Å²) < 4.78 is 0. The maximum absolute atomic E-state index is 12.5. The molecule has 1 aromatic rings. The van der Waals surface area contributed by atoms with Crippen molar-refractivity contribution in [1.82, 2.24) is 5.32 Å². The van der Waals surface area contributed by atoms with Gasteiger partial charge in [-0.25, -0.2) is 0 Å². The predicted octanol–water partition coefficient (Wildman–Crippen LogP) is 1.88. The average molecular weight is 316 g/mol. The molecule has 0 aromatic heterocycles. The Morgan fingerprint density at radius 2 is 2.00 bits per heavy atom. The summed E-state index contributed by atoms with van der Waals surface area (Å²) in [6.45, 7) is 0.248. The number of aliphatic hydroxyl groups excluding tert-OH is 1. The second-order valence-corrected chi connectivity index (χ2v) is 6.67. The number of amides is 2. The SMILES string of the molecule is CN1C(=O)CCc2cc(C(=O)NC3CCC(CO)CC3)ccc21. The lowest BCUT2D eigenvalue weighted by Crippen LogP contribution is -2.38. The molecule has 0 radical (unpaired) electrons. The van der Waals surface area contributed by atoms with E-state index in [9.17, 15) is 14.7 Å². The van der Waals surface area contributed by atoms with Crippen LogP contribution in [0.5, 0.6) is 0 Å². The fourth-order valence-electron chi connectivity index (χ4n) is 3.56. The molecule has 1 aromatic carbocycles. The van der Waals surface area contributed by atoms with Gasteiger partial charge in [-0.05, 0) is 61.8 Å². The van der Waals surface area contributed by atoms with E-state index in [-0.39, 0.29) is 24.5 Å². The number of anilines is 1. The van der Waals surface area contributed by atoms with Crippen LogP contribution in [0.4, 0.5) is 5.69 Å². The van der Waals surface area contributed by atoms with Gasteiger partial charge in [0.2, 0.25) is 5.91 Å². The Balaban J connectivity index is 1.66. The van der Waals surface area contributed by atoms with Crippen LogP contribution in [0, 0.1) is 5.92 Å². The Bertz CT molecular complexity index is 606. The van der Waals surface area contributed by atoms with Gasteiger partial charge in [-0.15, -0.1) is 0 Å². The second kappa shape index (κ2) is 6.71. The Morgan fingerprint density at radius 3 is 2.70 bits per heavy atom. The van der Waals surface area contributed by atoms with Gasteiger partial charge in [-0.2, -0.15) is 0 Å². The van der Waals surface area contributed by atoms with Crippen molar-refractivity contribution in [1.29, 1.82) is 0 Å². The Hall–Kier alpha value is -1.88. The van der Waals surface area contributed by atoms with E-state index >= 15 is 0 Å². The zero-order valence-corrected chi connectivity index (χ0v) is 13.5. The molecule has 0 atom stereocenters. The second-order valence-electron chi connectivity index (χ2n) is 6.67. The van der Waals surface area contributed by atoms with Crippen molar-refractivity contribution in [3.63, 3.8) is 0 Å². The van der Waals surface area contributed by atoms with Crippen LogP contribution in [0.2, 0.25) is 0 Å². The van der Waals surface area contributed by atoms with Crippen LogP contribution in [0.3, 0.4) is 0 Å². The normalized spacial score (nSPS) is 24.3. The van der Waals surface area contributed by atoms with Crippen molar-refractivity contribution < 1.29 is 14.7 Å². The lowest BCUT2D eigenvalue weighted by Gasteiger charge is -2.28. The van der Waals surface area contributed by atoms with Gasteiger partial charge in [0.1, 0.15) is 0 Å². The zero-order chi connectivity index (χ0) is 16.4. The number of hydrogen-bond acceptors (Lipinski definition) is 3. The van der Waals surface area contributed by atoms with Crippen LogP contribution in [-0.4, -0.2) is 36.6 Å². The van der Waals surface area contributed by atoms with Crippen molar-refractivity contribution in [3.05, 3.63) is 29.3 Å². The van der Waals surface area contributed by atoms with Crippen LogP contribution in [0.1, 0.15) is 48.0 Å². The number of rotatable bonds is 3. The molecule has 1 saturated carbocycles. The summed E-state index contributed by atoms with van der Waals surface area (Å²) in [5.74, 6) is 0.468. The molecule has 2 N–H and O–H groups in total. The Labute approximate surface area is 136 Å². The molecule has 124 valence electrons. The zero-order valence-electron chi connectivity index (χ0n) is 13.5. The first-order valence-corrected chi connectivity index (χ1v) is 8.39. The number of hydrogen-bond donors (Lipinski definition) is 2. The van der Waals surface area contributed by atoms with Crippen LogP contribution < -0.4 is 10.2 Å². The van der Waals surface area contributed by atoms with Crippen LogP contribution >= 0.6 is 0 Å². The van der Waals surface area contributed by atoms with E-state index < -0.39 is 0 Å². The molecule has 3 rings (SSSR count). The third kappa shape index (κ3) is 3.39. The summed E-state index contributed by atoms with van der Waals surface area (Å²) in [5.41, 5.74) is 2.63. The standard InChI is InChI=1S/C18H24N2O3/c1-20-16-8-4-14(10-13(16)5-9-17(20)22)18(23)19-15-6-2-12(11-21)3-7-15/h4,8,10,12,15,21H,2-3,5-7,9,11H2,1H3,(H,19,23). The highest BCUT2D eigenvalue weighted by Crippen LogP contribution is 2.28. The minimum Gasteiger partial charge on any atom is -0.396 e. The highest BCUT2D eigenvalue weighted by atomic mass is 16.3. The van der Waals surface area contributed by atoms with E-state index in [1.54, 1.807) is 18.0 Å². The number of nitrogens with zero attached hydrogens (tertiary/aromatic N) is 1. The van der Waals surface area contributed by atoms with Gasteiger partial charge in [0.25, 0.3) is 5.91 Å². The topological polar surface area (TPSA) is 69.6 Å². The van der Waals surface area contributed by atoms with Crippen LogP contribution in [0.25, 0.3) is 0 Å². The fourth-order valence-corrected chi connectivity index (χ4v) is 3.56. The summed E-state index contributed by atoms with van der Waals surface area (Å²) in [6.07, 6.45) is 5.00. The summed E-state index contributed by atoms with van der Waals surface area (Å²) in [7, 11) is 1.78. The summed E-state index contributed by atoms with van der Waals surface area (Å²) in [5, 5.41) is 12.3. The molecular formula is C18H24N2O3. The van der Waals surface area contributed by atoms with E-state index in [2.05, 4.69) is 5.32 Å². The quantitative estimate of drug-likeness (QED) is 0.894. The third-order valence-corrected chi connectivity index (χ3v) is 5.13. The number of fused-ring (bicyclic) bond motifs is 1. The third-order valence-electron chi connectivity index (χ3n) is 5.13. The maximum atomic E-state index is 12.5. The van der Waals surface area contributed by atoms with Gasteiger partial charge in [-0.3, -0.25) is 9.59 Å². The molecule has 0 bridgehead atoms. The van der Waals surface area contributed by atoms with E-state index in [1.165, 1.54) is 0 Å². The van der Waals surface area contributed by atoms with Crippen molar-refractivity contribution in [3.8, 4) is 0 Å². The first-order valence-electron chi connectivity index (χ1n) is 8.39. The minimum absolute atomic E-state index is 0.0419. The minimum atomic E-state index is -0.0419. The van der Waals surface area contributed by atoms with Gasteiger partial charge < -0.3 is 15.3 Å². The smallest absolute Gasteiger partial charge is 0.251 e. The van der Waals surface area contributed by atoms with E-state index in [0.717, 1.165) is 36.9 Å². The molecule has 1 heterocycles. The maximum Gasteiger partial charge on any atom is 0.251 e. The number of carbonyl (C=O) groups excluding carboxylic acids is 2. The molecular weight excluding hydrogens is 292 g/mol. The molecule has 23 heavy (non-hydrogen) atoms. The monoisotopic (exact) mass is 316 g/mol. The lowest BCUT2D eigenvalue weighted by molar-refractivity contribution is -0.118. The molecule has 0 saturated heterocycles. The number of benzene rings is 1. The number of carbonyl (C=O) groups is 2. The summed E-state index contributed by atoms with van der Waals surface area (Å²) in [6, 6.07) is 5.77. The molecule has 1 aliphatic heterocycles. The molecule has 0 spiro atoms. The summed E-state index contributed by atoms with van der Waals surface area (Å²) >= 11 is 0. The molecule has 0 unspecified atom stereocenters. The van der Waals surface area contributed by atoms with E-state index in [1.807, 2.05) is 12.1 Å². The number of aliphatic hydroxyl groups is 1. The molecule has 1 aliphatic carbocycles. The molecule has 5 nitrogen and oxygen atoms in total. The molecule has 2 amide bonds. The van der Waals surface area contributed by atoms with E-state index in [0.29, 0.717) is 24.3 Å². The average Bonchev–Trinajstić information content (AvgIpc) is 2.58. The number of nitrogens with one attached hydrogen (secondary N) is 1. The van der Waals surface area contributed by atoms with Gasteiger partial charge in [0, 0.05) is 37.4 Å². The van der Waals surface area contributed by atoms with Gasteiger partial charge in [0.05, 0.1) is 0 Å². The lowest BCUT2D eigenvalue weighted by atomic mass is 9.86. The van der Waals surface area contributed by atoms with Gasteiger partial charge in [0.15, 0.2) is 0 Å². The van der Waals surface area contributed by atoms with Gasteiger partial charge in [-0.1, -0.05) is 0 Å². The van der Waals surface area contributed by atoms with Crippen molar-refractivity contribution >= 4 is 17.5 Å². The van der Waals surface area contributed by atoms with Crippen molar-refractivity contribution in [2.45, 2.75) is 44.6 Å². The summed E-state index contributed by atoms with van der Waals surface area (Å²) in [4.78, 5) is 25.8. The van der Waals surface area contributed by atoms with Crippen LogP contribution in [0.15, 0.2) is 18.2 Å². The predicted molar refractivity (Wildman–Crippen MR) is 88.5 cm³/mol. The molecule has 1 fully saturated rings. The number of aryl methyl sites for hydroxylation is 1. The molecule has 2 aliphatic rings. The first kappa shape index (κ1) is 16.0.